The molecule has 1 aliphatic carbocycles. The second kappa shape index (κ2) is 7.37. The summed E-state index contributed by atoms with van der Waals surface area (Å²) in [7, 11) is 1.49. The van der Waals surface area contributed by atoms with Crippen LogP contribution in [0.15, 0.2) is 84.9 Å². The molecule has 0 bridgehead atoms. The summed E-state index contributed by atoms with van der Waals surface area (Å²) in [6.45, 7) is 0. The monoisotopic (exact) mass is 357 g/mol. The lowest BCUT2D eigenvalue weighted by Crippen LogP contribution is -2.48. The molecule has 4 rings (SSSR count). The minimum absolute atomic E-state index is 0.0358. The Balaban J connectivity index is 2.01. The Labute approximate surface area is 160 Å². The van der Waals surface area contributed by atoms with Crippen LogP contribution in [0.25, 0.3) is 0 Å². The number of aryl methyl sites for hydroxylation is 1. The van der Waals surface area contributed by atoms with Crippen molar-refractivity contribution >= 4 is 5.91 Å². The van der Waals surface area contributed by atoms with E-state index in [4.69, 9.17) is 4.84 Å². The summed E-state index contributed by atoms with van der Waals surface area (Å²) in [6, 6.07) is 28.6. The molecule has 0 heterocycles. The molecule has 27 heavy (non-hydrogen) atoms. The van der Waals surface area contributed by atoms with Crippen LogP contribution in [-0.2, 0) is 21.5 Å². The van der Waals surface area contributed by atoms with Crippen molar-refractivity contribution in [3.8, 4) is 0 Å². The standard InChI is InChI=1S/C24H23NO2/c1-27-25-23(26)24(19-11-4-2-5-12-19,20-13-6-3-7-14-20)22-17-16-18-10-8-9-15-21(18)22/h2-15,22H,16-17H2,1H3,(H,25,26). The van der Waals surface area contributed by atoms with E-state index in [1.807, 2.05) is 60.7 Å². The van der Waals surface area contributed by atoms with Crippen molar-refractivity contribution in [3.05, 3.63) is 107 Å². The van der Waals surface area contributed by atoms with Gasteiger partial charge < -0.3 is 0 Å². The maximum atomic E-state index is 13.6. The first-order valence-electron chi connectivity index (χ1n) is 9.30. The van der Waals surface area contributed by atoms with E-state index in [2.05, 4.69) is 29.7 Å². The van der Waals surface area contributed by atoms with Crippen LogP contribution < -0.4 is 5.48 Å². The number of carbonyl (C=O) groups is 1. The summed E-state index contributed by atoms with van der Waals surface area (Å²) in [4.78, 5) is 18.7. The molecule has 0 aliphatic heterocycles. The van der Waals surface area contributed by atoms with Crippen molar-refractivity contribution in [3.63, 3.8) is 0 Å². The Morgan fingerprint density at radius 2 is 1.44 bits per heavy atom. The number of nitrogens with one attached hydrogen (secondary N) is 1. The van der Waals surface area contributed by atoms with Gasteiger partial charge in [-0.3, -0.25) is 9.63 Å². The van der Waals surface area contributed by atoms with E-state index in [1.165, 1.54) is 18.2 Å². The van der Waals surface area contributed by atoms with Gasteiger partial charge in [0.15, 0.2) is 0 Å². The Hall–Kier alpha value is -2.91. The number of hydrogen-bond donors (Lipinski definition) is 1. The van der Waals surface area contributed by atoms with Gasteiger partial charge in [0.2, 0.25) is 0 Å². The Kier molecular flexibility index (Phi) is 4.78. The highest BCUT2D eigenvalue weighted by Gasteiger charge is 2.51. The van der Waals surface area contributed by atoms with Gasteiger partial charge in [0.1, 0.15) is 5.41 Å². The van der Waals surface area contributed by atoms with Gasteiger partial charge in [-0.15, -0.1) is 0 Å². The predicted octanol–water partition coefficient (Wildman–Crippen LogP) is 4.38. The second-order valence-corrected chi connectivity index (χ2v) is 6.97. The molecule has 0 aromatic heterocycles. The number of fused-ring (bicyclic) bond motifs is 1. The SMILES string of the molecule is CONC(=O)C(c1ccccc1)(c1ccccc1)C1CCc2ccccc21. The first kappa shape index (κ1) is 17.5. The lowest BCUT2D eigenvalue weighted by molar-refractivity contribution is -0.136. The molecular weight excluding hydrogens is 334 g/mol. The van der Waals surface area contributed by atoms with E-state index in [0.29, 0.717) is 0 Å². The van der Waals surface area contributed by atoms with Crippen LogP contribution in [0.5, 0.6) is 0 Å². The van der Waals surface area contributed by atoms with Gasteiger partial charge in [-0.05, 0) is 35.1 Å². The van der Waals surface area contributed by atoms with E-state index >= 15 is 0 Å². The van der Waals surface area contributed by atoms with Crippen LogP contribution in [-0.4, -0.2) is 13.0 Å². The molecule has 1 atom stereocenters. The van der Waals surface area contributed by atoms with Crippen molar-refractivity contribution in [2.75, 3.05) is 7.11 Å². The highest BCUT2D eigenvalue weighted by atomic mass is 16.6. The maximum Gasteiger partial charge on any atom is 0.259 e. The van der Waals surface area contributed by atoms with Crippen molar-refractivity contribution in [1.29, 1.82) is 0 Å². The normalized spacial score (nSPS) is 16.0. The molecule has 1 N–H and O–H groups in total. The summed E-state index contributed by atoms with van der Waals surface area (Å²) in [5.41, 5.74) is 6.32. The molecule has 136 valence electrons. The zero-order valence-corrected chi connectivity index (χ0v) is 15.4. The Bertz CT molecular complexity index is 882. The van der Waals surface area contributed by atoms with Gasteiger partial charge >= 0.3 is 0 Å². The molecule has 3 aromatic rings. The molecule has 3 aromatic carbocycles. The minimum Gasteiger partial charge on any atom is -0.277 e. The van der Waals surface area contributed by atoms with Gasteiger partial charge in [-0.1, -0.05) is 84.9 Å². The van der Waals surface area contributed by atoms with E-state index in [0.717, 1.165) is 24.0 Å². The summed E-state index contributed by atoms with van der Waals surface area (Å²) in [5.74, 6) is -0.0993. The van der Waals surface area contributed by atoms with Gasteiger partial charge in [0, 0.05) is 5.92 Å². The van der Waals surface area contributed by atoms with E-state index in [1.54, 1.807) is 0 Å². The number of carbonyl (C=O) groups excluding carboxylic acids is 1. The van der Waals surface area contributed by atoms with Crippen molar-refractivity contribution in [2.45, 2.75) is 24.2 Å². The fraction of sp³-hybridized carbons (Fsp3) is 0.208. The number of benzene rings is 3. The first-order valence-corrected chi connectivity index (χ1v) is 9.30. The molecule has 3 nitrogen and oxygen atoms in total. The average molecular weight is 357 g/mol. The van der Waals surface area contributed by atoms with Gasteiger partial charge in [0.25, 0.3) is 5.91 Å². The topological polar surface area (TPSA) is 38.3 Å². The molecular formula is C24H23NO2. The number of hydroxylamine groups is 1. The fourth-order valence-corrected chi connectivity index (χ4v) is 4.57. The summed E-state index contributed by atoms with van der Waals surface area (Å²) >= 11 is 0. The van der Waals surface area contributed by atoms with Crippen LogP contribution in [0.4, 0.5) is 0 Å². The van der Waals surface area contributed by atoms with Crippen molar-refractivity contribution in [1.82, 2.24) is 5.48 Å². The highest BCUT2D eigenvalue weighted by molar-refractivity contribution is 5.93. The fourth-order valence-electron chi connectivity index (χ4n) is 4.57. The predicted molar refractivity (Wildman–Crippen MR) is 106 cm³/mol. The molecule has 1 aliphatic rings. The lowest BCUT2D eigenvalue weighted by atomic mass is 9.63. The summed E-state index contributed by atoms with van der Waals surface area (Å²) < 4.78 is 0. The third-order valence-electron chi connectivity index (χ3n) is 5.67. The van der Waals surface area contributed by atoms with Crippen LogP contribution in [0.1, 0.15) is 34.6 Å². The van der Waals surface area contributed by atoms with Gasteiger partial charge in [0.05, 0.1) is 7.11 Å². The Morgan fingerprint density at radius 3 is 2.04 bits per heavy atom. The summed E-state index contributed by atoms with van der Waals surface area (Å²) in [5, 5.41) is 0. The largest absolute Gasteiger partial charge is 0.277 e. The van der Waals surface area contributed by atoms with Crippen LogP contribution >= 0.6 is 0 Å². The number of hydrogen-bond acceptors (Lipinski definition) is 2. The third kappa shape index (κ3) is 2.84. The third-order valence-corrected chi connectivity index (χ3v) is 5.67. The number of rotatable bonds is 5. The molecule has 0 spiro atoms. The zero-order chi connectivity index (χ0) is 18.7. The summed E-state index contributed by atoms with van der Waals surface area (Å²) in [6.07, 6.45) is 1.89. The molecule has 0 fully saturated rings. The Morgan fingerprint density at radius 1 is 0.889 bits per heavy atom. The van der Waals surface area contributed by atoms with Gasteiger partial charge in [-0.25, -0.2) is 5.48 Å². The molecule has 1 unspecified atom stereocenters. The molecule has 1 amide bonds. The zero-order valence-electron chi connectivity index (χ0n) is 15.4. The minimum atomic E-state index is -0.856. The van der Waals surface area contributed by atoms with Crippen LogP contribution in [0, 0.1) is 0 Å². The van der Waals surface area contributed by atoms with Gasteiger partial charge in [-0.2, -0.15) is 0 Å². The molecule has 0 radical (unpaired) electrons. The quantitative estimate of drug-likeness (QED) is 0.688. The van der Waals surface area contributed by atoms with E-state index in [9.17, 15) is 4.79 Å². The average Bonchev–Trinajstić information content (AvgIpc) is 3.15. The van der Waals surface area contributed by atoms with Crippen LogP contribution in [0.3, 0.4) is 0 Å². The molecule has 0 saturated carbocycles. The van der Waals surface area contributed by atoms with E-state index < -0.39 is 5.41 Å². The van der Waals surface area contributed by atoms with Crippen LogP contribution in [0.2, 0.25) is 0 Å². The first-order chi connectivity index (χ1) is 13.3. The number of amides is 1. The molecule has 3 heteroatoms. The molecule has 0 saturated heterocycles. The van der Waals surface area contributed by atoms with E-state index in [-0.39, 0.29) is 11.8 Å². The second-order valence-electron chi connectivity index (χ2n) is 6.97. The van der Waals surface area contributed by atoms with Crippen molar-refractivity contribution in [2.24, 2.45) is 0 Å². The maximum absolute atomic E-state index is 13.6. The van der Waals surface area contributed by atoms with Crippen molar-refractivity contribution < 1.29 is 9.63 Å². The lowest BCUT2D eigenvalue weighted by Gasteiger charge is -2.39. The highest BCUT2D eigenvalue weighted by Crippen LogP contribution is 2.51. The smallest absolute Gasteiger partial charge is 0.259 e.